The Hall–Kier alpha value is -4.86. The Balaban J connectivity index is 1.25. The molecule has 22 nitrogen and oxygen atoms in total. The van der Waals surface area contributed by atoms with Crippen LogP contribution in [0.1, 0.15) is 57.1 Å². The third-order valence-corrected chi connectivity index (χ3v) is 14.4. The van der Waals surface area contributed by atoms with E-state index in [1.54, 1.807) is 21.3 Å². The Kier molecular flexibility index (Phi) is 35.8. The highest BCUT2D eigenvalue weighted by molar-refractivity contribution is 6.03. The van der Waals surface area contributed by atoms with Crippen LogP contribution in [0.4, 0.5) is 11.4 Å². The molecule has 476 valence electrons. The number of amides is 2. The number of anilines is 1. The highest BCUT2D eigenvalue weighted by Gasteiger charge is 2.47. The summed E-state index contributed by atoms with van der Waals surface area (Å²) >= 11 is 0. The van der Waals surface area contributed by atoms with E-state index in [1.165, 1.54) is 11.1 Å². The highest BCUT2D eigenvalue weighted by atomic mass is 16.7. The summed E-state index contributed by atoms with van der Waals surface area (Å²) < 4.78 is 87.3. The van der Waals surface area contributed by atoms with Crippen LogP contribution in [-0.4, -0.2) is 246 Å². The van der Waals surface area contributed by atoms with Gasteiger partial charge >= 0.3 is 5.97 Å². The number of hydroxylamine groups is 2. The van der Waals surface area contributed by atoms with Crippen molar-refractivity contribution in [3.63, 3.8) is 0 Å². The third-order valence-electron chi connectivity index (χ3n) is 14.4. The number of allylic oxidation sites excluding steroid dienone is 6. The van der Waals surface area contributed by atoms with E-state index in [0.29, 0.717) is 183 Å². The second kappa shape index (κ2) is 42.9. The van der Waals surface area contributed by atoms with Gasteiger partial charge in [-0.25, -0.2) is 4.79 Å². The van der Waals surface area contributed by atoms with Crippen LogP contribution in [0.25, 0.3) is 0 Å². The van der Waals surface area contributed by atoms with Crippen molar-refractivity contribution in [1.29, 1.82) is 0 Å². The maximum absolute atomic E-state index is 12.1. The lowest BCUT2D eigenvalue weighted by Gasteiger charge is -2.30. The largest absolute Gasteiger partial charge is 0.382 e. The summed E-state index contributed by atoms with van der Waals surface area (Å²) in [6, 6.07) is 17.1. The van der Waals surface area contributed by atoms with Gasteiger partial charge in [0.1, 0.15) is 6.61 Å². The second-order valence-electron chi connectivity index (χ2n) is 20.3. The van der Waals surface area contributed by atoms with Crippen LogP contribution < -0.4 is 4.90 Å². The molecule has 1 saturated heterocycles. The average molecular weight is 1200 g/mol. The SMILES string of the molecule is COCCOCCOCCOCC[N+]1=C(/C=C/C=C/C=C2/N(CCOCCOCCOCCC(=O)ON3C(=O)CCC3=O)c3ccccc3C2(C)CCOCCOCCOCCOC)C(C)(CCOCCOCCOCCOC)c2ccccc21. The molecule has 0 aliphatic carbocycles. The molecule has 2 unspecified atom stereocenters. The molecule has 85 heavy (non-hydrogen) atoms. The van der Waals surface area contributed by atoms with E-state index in [1.807, 2.05) is 0 Å². The van der Waals surface area contributed by atoms with Crippen molar-refractivity contribution >= 4 is 34.9 Å². The zero-order chi connectivity index (χ0) is 60.5. The number of fused-ring (bicyclic) bond motifs is 2. The maximum atomic E-state index is 12.1. The molecule has 0 radical (unpaired) electrons. The number of carbonyl (C=O) groups is 3. The second-order valence-corrected chi connectivity index (χ2v) is 20.3. The molecule has 2 atom stereocenters. The number of nitrogens with zero attached hydrogens (tertiary/aromatic N) is 3. The van der Waals surface area contributed by atoms with Gasteiger partial charge in [0.15, 0.2) is 12.3 Å². The number of imide groups is 1. The molecule has 5 rings (SSSR count). The summed E-state index contributed by atoms with van der Waals surface area (Å²) in [6.45, 7) is 18.2. The maximum Gasteiger partial charge on any atom is 0.335 e. The van der Waals surface area contributed by atoms with Crippen LogP contribution in [0.5, 0.6) is 0 Å². The normalized spacial score (nSPS) is 18.2. The van der Waals surface area contributed by atoms with Crippen LogP contribution in [0.2, 0.25) is 0 Å². The molecule has 1 fully saturated rings. The van der Waals surface area contributed by atoms with Gasteiger partial charge < -0.3 is 80.8 Å². The summed E-state index contributed by atoms with van der Waals surface area (Å²) in [5.41, 5.74) is 6.20. The van der Waals surface area contributed by atoms with E-state index >= 15 is 0 Å². The molecule has 22 heteroatoms. The summed E-state index contributed by atoms with van der Waals surface area (Å²) in [5, 5.41) is 0.533. The lowest BCUT2D eigenvalue weighted by atomic mass is 9.76. The number of carbonyl (C=O) groups excluding carboxylic acids is 3. The van der Waals surface area contributed by atoms with Gasteiger partial charge in [0.05, 0.1) is 170 Å². The number of rotatable bonds is 52. The first-order chi connectivity index (χ1) is 41.7. The van der Waals surface area contributed by atoms with Gasteiger partial charge in [-0.2, -0.15) is 4.58 Å². The molecular weight excluding hydrogens is 1100 g/mol. The molecular formula is C63H96N3O19+. The van der Waals surface area contributed by atoms with Crippen LogP contribution >= 0.6 is 0 Å². The summed E-state index contributed by atoms with van der Waals surface area (Å²) in [5.74, 6) is -1.75. The number of hydrogen-bond donors (Lipinski definition) is 0. The fourth-order valence-corrected chi connectivity index (χ4v) is 9.81. The number of para-hydroxylation sites is 2. The van der Waals surface area contributed by atoms with Gasteiger partial charge in [-0.3, -0.25) is 9.59 Å². The van der Waals surface area contributed by atoms with Crippen molar-refractivity contribution in [2.45, 2.75) is 56.8 Å². The van der Waals surface area contributed by atoms with Crippen molar-refractivity contribution in [3.8, 4) is 0 Å². The van der Waals surface area contributed by atoms with Crippen molar-refractivity contribution in [3.05, 3.63) is 95.7 Å². The minimum atomic E-state index is -0.711. The van der Waals surface area contributed by atoms with Gasteiger partial charge in [0.25, 0.3) is 11.8 Å². The lowest BCUT2D eigenvalue weighted by Crippen LogP contribution is -2.33. The Labute approximate surface area is 503 Å². The summed E-state index contributed by atoms with van der Waals surface area (Å²) in [4.78, 5) is 42.7. The quantitative estimate of drug-likeness (QED) is 0.0335. The molecule has 0 saturated carbocycles. The molecule has 2 aromatic carbocycles. The van der Waals surface area contributed by atoms with E-state index in [-0.39, 0.29) is 37.9 Å². The number of methoxy groups -OCH3 is 3. The zero-order valence-corrected chi connectivity index (χ0v) is 51.1. The first kappa shape index (κ1) is 70.9. The number of hydrogen-bond acceptors (Lipinski definition) is 20. The third kappa shape index (κ3) is 25.0. The Bertz CT molecular complexity index is 2320. The van der Waals surface area contributed by atoms with E-state index in [4.69, 9.17) is 75.9 Å². The predicted molar refractivity (Wildman–Crippen MR) is 318 cm³/mol. The van der Waals surface area contributed by atoms with Crippen LogP contribution in [0, 0.1) is 0 Å². The van der Waals surface area contributed by atoms with Crippen molar-refractivity contribution < 1.29 is 94.8 Å². The fraction of sp³-hybridized carbons (Fsp3) is 0.651. The summed E-state index contributed by atoms with van der Waals surface area (Å²) in [7, 11) is 4.96. The van der Waals surface area contributed by atoms with Gasteiger partial charge in [-0.1, -0.05) is 54.6 Å². The molecule has 0 bridgehead atoms. The van der Waals surface area contributed by atoms with Crippen LogP contribution in [-0.2, 0) is 101 Å². The fourth-order valence-electron chi connectivity index (χ4n) is 9.81. The minimum Gasteiger partial charge on any atom is -0.382 e. The molecule has 2 amide bonds. The first-order valence-corrected chi connectivity index (χ1v) is 29.8. The molecule has 3 aliphatic heterocycles. The molecule has 0 spiro atoms. The topological polar surface area (TPSA) is 208 Å². The van der Waals surface area contributed by atoms with Crippen molar-refractivity contribution in [1.82, 2.24) is 5.06 Å². The van der Waals surface area contributed by atoms with Gasteiger partial charge in [-0.05, 0) is 44.4 Å². The monoisotopic (exact) mass is 1200 g/mol. The Morgan fingerprint density at radius 2 is 0.906 bits per heavy atom. The predicted octanol–water partition coefficient (Wildman–Crippen LogP) is 5.73. The van der Waals surface area contributed by atoms with E-state index in [0.717, 1.165) is 35.6 Å². The lowest BCUT2D eigenvalue weighted by molar-refractivity contribution is -0.442. The Morgan fingerprint density at radius 1 is 0.482 bits per heavy atom. The van der Waals surface area contributed by atoms with E-state index in [9.17, 15) is 14.4 Å². The van der Waals surface area contributed by atoms with E-state index < -0.39 is 23.2 Å². The summed E-state index contributed by atoms with van der Waals surface area (Å²) in [6.07, 6.45) is 12.2. The van der Waals surface area contributed by atoms with Crippen molar-refractivity contribution in [2.75, 3.05) is 218 Å². The van der Waals surface area contributed by atoms with E-state index in [2.05, 4.69) is 102 Å². The molecule has 0 aromatic heterocycles. The molecule has 3 aliphatic rings. The van der Waals surface area contributed by atoms with Gasteiger partial charge in [-0.15, -0.1) is 5.06 Å². The minimum absolute atomic E-state index is 0.0391. The zero-order valence-electron chi connectivity index (χ0n) is 51.1. The van der Waals surface area contributed by atoms with Crippen molar-refractivity contribution in [2.24, 2.45) is 0 Å². The van der Waals surface area contributed by atoms with Crippen LogP contribution in [0.15, 0.2) is 84.6 Å². The van der Waals surface area contributed by atoms with Crippen LogP contribution in [0.3, 0.4) is 0 Å². The average Bonchev–Trinajstić information content (AvgIpc) is 1.71. The first-order valence-electron chi connectivity index (χ1n) is 29.8. The molecule has 0 N–H and O–H groups in total. The molecule has 2 aromatic rings. The Morgan fingerprint density at radius 3 is 1.42 bits per heavy atom. The van der Waals surface area contributed by atoms with Gasteiger partial charge in [0, 0.05) is 88.4 Å². The van der Waals surface area contributed by atoms with Gasteiger partial charge in [0.2, 0.25) is 5.69 Å². The number of benzene rings is 2. The number of ether oxygens (including phenoxy) is 15. The highest BCUT2D eigenvalue weighted by Crippen LogP contribution is 2.50. The standard InChI is InChI=1S/C63H96N3O19/c1-62(22-27-74-38-43-82-50-47-78-34-31-70-3)53-13-9-11-15-55(53)64(24-29-76-40-45-81-42-37-73-26-21-61(69)85-66-59(67)19-20-60(66)68)57(62)17-7-6-8-18-58-63(2,23-28-75-39-44-83-51-48-79-35-32-71-4)54-14-10-12-16-56(54)65(58)25-30-77-41-46-84-52-49-80-36-33-72-5/h6-18H,19-52H2,1-5H3/q+1. The smallest absolute Gasteiger partial charge is 0.335 e. The molecule has 3 heterocycles.